The van der Waals surface area contributed by atoms with E-state index in [1.165, 1.54) is 0 Å². The fourth-order valence-electron chi connectivity index (χ4n) is 2.82. The second kappa shape index (κ2) is 9.13. The normalized spacial score (nSPS) is 30.2. The molecule has 128 valence electrons. The molecule has 1 aliphatic rings. The first-order valence-corrected chi connectivity index (χ1v) is 8.53. The third-order valence-corrected chi connectivity index (χ3v) is 4.32. The molecule has 1 fully saturated rings. The minimum absolute atomic E-state index is 0.0388. The van der Waals surface area contributed by atoms with Crippen LogP contribution in [0.4, 0.5) is 0 Å². The predicted molar refractivity (Wildman–Crippen MR) is 85.1 cm³/mol. The standard InChI is InChI=1S/C17H31NO4/c1-5-6-8-13-12(4)21-17(20)14(18)9-7-10-15(13)22-16(19)11(2)3/h11-15H,5-10,18H2,1-4H3. The van der Waals surface area contributed by atoms with Crippen molar-refractivity contribution in [3.05, 3.63) is 0 Å². The van der Waals surface area contributed by atoms with Gasteiger partial charge in [-0.2, -0.15) is 0 Å². The molecule has 0 radical (unpaired) electrons. The summed E-state index contributed by atoms with van der Waals surface area (Å²) < 4.78 is 11.2. The summed E-state index contributed by atoms with van der Waals surface area (Å²) in [5.41, 5.74) is 5.84. The van der Waals surface area contributed by atoms with Crippen LogP contribution in [0, 0.1) is 11.8 Å². The van der Waals surface area contributed by atoms with E-state index < -0.39 is 6.04 Å². The van der Waals surface area contributed by atoms with E-state index >= 15 is 0 Å². The number of ether oxygens (including phenoxy) is 2. The molecular weight excluding hydrogens is 282 g/mol. The van der Waals surface area contributed by atoms with E-state index in [0.717, 1.165) is 32.1 Å². The Balaban J connectivity index is 2.89. The summed E-state index contributed by atoms with van der Waals surface area (Å²) in [6.07, 6.45) is 4.56. The van der Waals surface area contributed by atoms with E-state index in [2.05, 4.69) is 6.92 Å². The second-order valence-corrected chi connectivity index (χ2v) is 6.62. The van der Waals surface area contributed by atoms with E-state index in [4.69, 9.17) is 15.2 Å². The van der Waals surface area contributed by atoms with Crippen LogP contribution in [-0.4, -0.2) is 30.2 Å². The molecule has 1 heterocycles. The second-order valence-electron chi connectivity index (χ2n) is 6.62. The van der Waals surface area contributed by atoms with Crippen LogP contribution >= 0.6 is 0 Å². The zero-order valence-electron chi connectivity index (χ0n) is 14.3. The molecule has 1 aliphatic heterocycles. The molecule has 1 saturated heterocycles. The highest BCUT2D eigenvalue weighted by molar-refractivity contribution is 5.75. The smallest absolute Gasteiger partial charge is 0.323 e. The minimum Gasteiger partial charge on any atom is -0.462 e. The molecule has 0 bridgehead atoms. The topological polar surface area (TPSA) is 78.6 Å². The molecule has 1 rings (SSSR count). The maximum absolute atomic E-state index is 12.0. The van der Waals surface area contributed by atoms with Gasteiger partial charge in [-0.05, 0) is 32.6 Å². The minimum atomic E-state index is -0.575. The number of esters is 2. The average Bonchev–Trinajstić information content (AvgIpc) is 2.49. The Morgan fingerprint density at radius 2 is 2.09 bits per heavy atom. The Morgan fingerprint density at radius 3 is 2.68 bits per heavy atom. The molecule has 0 saturated carbocycles. The van der Waals surface area contributed by atoms with Crippen molar-refractivity contribution < 1.29 is 19.1 Å². The Hall–Kier alpha value is -1.10. The zero-order valence-corrected chi connectivity index (χ0v) is 14.3. The summed E-state index contributed by atoms with van der Waals surface area (Å²) in [5, 5.41) is 0. The number of unbranched alkanes of at least 4 members (excludes halogenated alkanes) is 1. The van der Waals surface area contributed by atoms with Crippen LogP contribution in [0.2, 0.25) is 0 Å². The summed E-state index contributed by atoms with van der Waals surface area (Å²) >= 11 is 0. The summed E-state index contributed by atoms with van der Waals surface area (Å²) in [4.78, 5) is 23.9. The molecule has 5 heteroatoms. The molecule has 5 nitrogen and oxygen atoms in total. The predicted octanol–water partition coefficient (Wildman–Crippen LogP) is 2.80. The molecule has 4 atom stereocenters. The SMILES string of the molecule is CCCCC1C(C)OC(=O)C(N)CCCC1OC(=O)C(C)C. The van der Waals surface area contributed by atoms with Crippen LogP contribution in [-0.2, 0) is 19.1 Å². The van der Waals surface area contributed by atoms with Crippen LogP contribution < -0.4 is 5.73 Å². The van der Waals surface area contributed by atoms with Crippen molar-refractivity contribution in [2.24, 2.45) is 17.6 Å². The van der Waals surface area contributed by atoms with Crippen LogP contribution in [0.1, 0.15) is 66.2 Å². The average molecular weight is 313 g/mol. The Kier molecular flexibility index (Phi) is 7.87. The maximum Gasteiger partial charge on any atom is 0.323 e. The van der Waals surface area contributed by atoms with Crippen LogP contribution in [0.25, 0.3) is 0 Å². The maximum atomic E-state index is 12.0. The molecule has 0 aromatic rings. The van der Waals surface area contributed by atoms with Crippen LogP contribution in [0.3, 0.4) is 0 Å². The van der Waals surface area contributed by atoms with Crippen molar-refractivity contribution in [2.45, 2.75) is 84.5 Å². The highest BCUT2D eigenvalue weighted by Crippen LogP contribution is 2.28. The van der Waals surface area contributed by atoms with Crippen molar-refractivity contribution in [1.29, 1.82) is 0 Å². The van der Waals surface area contributed by atoms with E-state index in [1.54, 1.807) is 0 Å². The summed E-state index contributed by atoms with van der Waals surface area (Å²) in [6.45, 7) is 7.67. The van der Waals surface area contributed by atoms with Gasteiger partial charge < -0.3 is 15.2 Å². The van der Waals surface area contributed by atoms with Crippen LogP contribution in [0.15, 0.2) is 0 Å². The molecule has 0 aliphatic carbocycles. The third kappa shape index (κ3) is 5.59. The quantitative estimate of drug-likeness (QED) is 0.790. The molecule has 2 N–H and O–H groups in total. The van der Waals surface area contributed by atoms with E-state index in [9.17, 15) is 9.59 Å². The van der Waals surface area contributed by atoms with Gasteiger partial charge in [-0.25, -0.2) is 0 Å². The lowest BCUT2D eigenvalue weighted by Crippen LogP contribution is -2.39. The van der Waals surface area contributed by atoms with E-state index in [0.29, 0.717) is 6.42 Å². The van der Waals surface area contributed by atoms with Gasteiger partial charge in [0.1, 0.15) is 18.2 Å². The van der Waals surface area contributed by atoms with Gasteiger partial charge in [0.2, 0.25) is 0 Å². The van der Waals surface area contributed by atoms with Gasteiger partial charge in [-0.3, -0.25) is 9.59 Å². The molecule has 0 amide bonds. The zero-order chi connectivity index (χ0) is 16.7. The molecular formula is C17H31NO4. The highest BCUT2D eigenvalue weighted by Gasteiger charge is 2.34. The van der Waals surface area contributed by atoms with Gasteiger partial charge in [-0.1, -0.05) is 33.6 Å². The molecule has 22 heavy (non-hydrogen) atoms. The fourth-order valence-corrected chi connectivity index (χ4v) is 2.82. The van der Waals surface area contributed by atoms with Crippen LogP contribution in [0.5, 0.6) is 0 Å². The van der Waals surface area contributed by atoms with Crippen molar-refractivity contribution in [1.82, 2.24) is 0 Å². The number of hydrogen-bond acceptors (Lipinski definition) is 5. The van der Waals surface area contributed by atoms with Crippen molar-refractivity contribution in [3.8, 4) is 0 Å². The number of nitrogens with two attached hydrogens (primary N) is 1. The van der Waals surface area contributed by atoms with Crippen molar-refractivity contribution >= 4 is 11.9 Å². The van der Waals surface area contributed by atoms with Gasteiger partial charge in [0.15, 0.2) is 0 Å². The van der Waals surface area contributed by atoms with Gasteiger partial charge in [0.25, 0.3) is 0 Å². The number of rotatable bonds is 5. The summed E-state index contributed by atoms with van der Waals surface area (Å²) in [5.74, 6) is -0.644. The summed E-state index contributed by atoms with van der Waals surface area (Å²) in [6, 6.07) is -0.575. The number of cyclic esters (lactones) is 1. The molecule has 0 aromatic heterocycles. The Bertz CT molecular complexity index is 370. The lowest BCUT2D eigenvalue weighted by molar-refractivity contribution is -0.163. The van der Waals surface area contributed by atoms with Crippen molar-refractivity contribution in [3.63, 3.8) is 0 Å². The fraction of sp³-hybridized carbons (Fsp3) is 0.882. The lowest BCUT2D eigenvalue weighted by Gasteiger charge is -2.31. The first-order valence-electron chi connectivity index (χ1n) is 8.53. The number of hydrogen-bond donors (Lipinski definition) is 1. The Morgan fingerprint density at radius 1 is 1.41 bits per heavy atom. The van der Waals surface area contributed by atoms with Gasteiger partial charge in [-0.15, -0.1) is 0 Å². The lowest BCUT2D eigenvalue weighted by atomic mass is 9.88. The molecule has 4 unspecified atom stereocenters. The third-order valence-electron chi connectivity index (χ3n) is 4.32. The van der Waals surface area contributed by atoms with E-state index in [-0.39, 0.29) is 36.0 Å². The highest BCUT2D eigenvalue weighted by atomic mass is 16.6. The van der Waals surface area contributed by atoms with Crippen molar-refractivity contribution in [2.75, 3.05) is 0 Å². The largest absolute Gasteiger partial charge is 0.462 e. The van der Waals surface area contributed by atoms with Gasteiger partial charge >= 0.3 is 11.9 Å². The number of carbonyl (C=O) groups is 2. The van der Waals surface area contributed by atoms with E-state index in [1.807, 2.05) is 20.8 Å². The molecule has 0 aromatic carbocycles. The first-order chi connectivity index (χ1) is 10.4. The van der Waals surface area contributed by atoms with Gasteiger partial charge in [0, 0.05) is 5.92 Å². The number of carbonyl (C=O) groups excluding carboxylic acids is 2. The molecule has 0 spiro atoms. The first kappa shape index (κ1) is 18.9. The van der Waals surface area contributed by atoms with Gasteiger partial charge in [0.05, 0.1) is 5.92 Å². The monoisotopic (exact) mass is 313 g/mol. The summed E-state index contributed by atoms with van der Waals surface area (Å²) in [7, 11) is 0. The Labute approximate surface area is 133 Å².